The number of ether oxygens (including phenoxy) is 1. The number of rotatable bonds is 5. The number of aromatic nitrogens is 1. The molecule has 3 aromatic rings. The van der Waals surface area contributed by atoms with Crippen LogP contribution in [0.1, 0.15) is 44.2 Å². The summed E-state index contributed by atoms with van der Waals surface area (Å²) in [6.07, 6.45) is 2.54. The van der Waals surface area contributed by atoms with E-state index in [1.807, 2.05) is 24.3 Å². The van der Waals surface area contributed by atoms with Crippen LogP contribution in [0, 0.1) is 0 Å². The Hall–Kier alpha value is -2.77. The topological polar surface area (TPSA) is 72.6 Å². The van der Waals surface area contributed by atoms with Crippen molar-refractivity contribution in [1.82, 2.24) is 10.1 Å². The van der Waals surface area contributed by atoms with Crippen LogP contribution in [-0.2, 0) is 0 Å². The summed E-state index contributed by atoms with van der Waals surface area (Å²) in [7, 11) is 0. The average Bonchev–Trinajstić information content (AvgIpc) is 3.46. The van der Waals surface area contributed by atoms with Gasteiger partial charge < -0.3 is 9.26 Å². The molecule has 1 aliphatic carbocycles. The highest BCUT2D eigenvalue weighted by Gasteiger charge is 2.37. The Morgan fingerprint density at radius 3 is 2.64 bits per heavy atom. The summed E-state index contributed by atoms with van der Waals surface area (Å²) in [6, 6.07) is 9.04. The molecule has 1 aliphatic heterocycles. The van der Waals surface area contributed by atoms with Crippen molar-refractivity contribution in [2.45, 2.75) is 12.8 Å². The molecule has 3 heterocycles. The molecule has 28 heavy (non-hydrogen) atoms. The van der Waals surface area contributed by atoms with Crippen LogP contribution >= 0.6 is 11.3 Å². The molecule has 0 amide bonds. The second-order valence-electron chi connectivity index (χ2n) is 6.98. The number of likely N-dealkylation sites (tertiary alicyclic amines) is 1. The van der Waals surface area contributed by atoms with E-state index in [9.17, 15) is 9.59 Å². The van der Waals surface area contributed by atoms with Crippen LogP contribution in [0.4, 0.5) is 0 Å². The zero-order valence-electron chi connectivity index (χ0n) is 15.1. The number of carbonyl (C=O) groups is 2. The first-order valence-corrected chi connectivity index (χ1v) is 10.2. The molecule has 1 fully saturated rings. The lowest BCUT2D eigenvalue weighted by Crippen LogP contribution is -2.25. The van der Waals surface area contributed by atoms with E-state index in [2.05, 4.69) is 10.1 Å². The van der Waals surface area contributed by atoms with Gasteiger partial charge in [-0.1, -0.05) is 5.16 Å². The van der Waals surface area contributed by atoms with Gasteiger partial charge in [-0.05, 0) is 61.6 Å². The third kappa shape index (κ3) is 2.87. The van der Waals surface area contributed by atoms with E-state index in [0.717, 1.165) is 30.9 Å². The van der Waals surface area contributed by atoms with Gasteiger partial charge >= 0.3 is 0 Å². The van der Waals surface area contributed by atoms with Gasteiger partial charge in [-0.25, -0.2) is 0 Å². The third-order valence-corrected chi connectivity index (χ3v) is 6.16. The van der Waals surface area contributed by atoms with Gasteiger partial charge in [-0.3, -0.25) is 14.5 Å². The van der Waals surface area contributed by atoms with E-state index in [1.54, 1.807) is 11.4 Å². The van der Waals surface area contributed by atoms with E-state index in [4.69, 9.17) is 9.26 Å². The SMILES string of the molecule is O=C1c2ccsc2C(=O)c2c(-c3ccc(OCCN4CCCC4)cc3)noc21. The fraction of sp³-hybridized carbons (Fsp3) is 0.286. The fourth-order valence-corrected chi connectivity index (χ4v) is 4.60. The first-order valence-electron chi connectivity index (χ1n) is 9.34. The second-order valence-corrected chi connectivity index (χ2v) is 7.89. The smallest absolute Gasteiger partial charge is 0.233 e. The summed E-state index contributed by atoms with van der Waals surface area (Å²) >= 11 is 1.27. The number of nitrogens with zero attached hydrogens (tertiary/aromatic N) is 2. The van der Waals surface area contributed by atoms with Crippen LogP contribution in [0.5, 0.6) is 5.75 Å². The average molecular weight is 394 g/mol. The van der Waals surface area contributed by atoms with Crippen molar-refractivity contribution in [3.05, 3.63) is 57.5 Å². The maximum atomic E-state index is 12.8. The molecule has 2 aromatic heterocycles. The molecule has 6 nitrogen and oxygen atoms in total. The Balaban J connectivity index is 1.35. The Morgan fingerprint density at radius 2 is 1.86 bits per heavy atom. The van der Waals surface area contributed by atoms with Crippen molar-refractivity contribution in [3.8, 4) is 17.0 Å². The molecule has 1 saturated heterocycles. The number of ketones is 2. The third-order valence-electron chi connectivity index (χ3n) is 5.24. The van der Waals surface area contributed by atoms with Crippen molar-refractivity contribution in [2.75, 3.05) is 26.2 Å². The van der Waals surface area contributed by atoms with Crippen LogP contribution < -0.4 is 4.74 Å². The zero-order valence-corrected chi connectivity index (χ0v) is 16.0. The largest absolute Gasteiger partial charge is 0.492 e. The molecule has 1 aromatic carbocycles. The van der Waals surface area contributed by atoms with Gasteiger partial charge in [0.25, 0.3) is 0 Å². The summed E-state index contributed by atoms with van der Waals surface area (Å²) in [5.74, 6) is 0.299. The van der Waals surface area contributed by atoms with E-state index >= 15 is 0 Å². The van der Waals surface area contributed by atoms with Crippen molar-refractivity contribution in [1.29, 1.82) is 0 Å². The van der Waals surface area contributed by atoms with E-state index in [-0.39, 0.29) is 22.9 Å². The van der Waals surface area contributed by atoms with Gasteiger partial charge in [0.15, 0.2) is 0 Å². The molecule has 142 valence electrons. The molecule has 5 rings (SSSR count). The molecule has 2 aliphatic rings. The van der Waals surface area contributed by atoms with Gasteiger partial charge in [0, 0.05) is 17.7 Å². The predicted octanol–water partition coefficient (Wildman–Crippen LogP) is 3.65. The molecular weight excluding hydrogens is 376 g/mol. The van der Waals surface area contributed by atoms with Crippen molar-refractivity contribution in [2.24, 2.45) is 0 Å². The van der Waals surface area contributed by atoms with Gasteiger partial charge in [0.1, 0.15) is 23.6 Å². The standard InChI is InChI=1S/C21H18N2O4S/c24-18-15-7-12-28-21(15)19(25)16-17(22-27-20(16)18)13-3-5-14(6-4-13)26-11-10-23-8-1-2-9-23/h3-7,12H,1-2,8-11H2. The number of carbonyl (C=O) groups excluding carboxylic acids is 2. The maximum Gasteiger partial charge on any atom is 0.233 e. The Labute approximate surface area is 165 Å². The van der Waals surface area contributed by atoms with E-state index in [1.165, 1.54) is 24.2 Å². The van der Waals surface area contributed by atoms with Crippen LogP contribution in [0.25, 0.3) is 11.3 Å². The van der Waals surface area contributed by atoms with Crippen molar-refractivity contribution < 1.29 is 18.8 Å². The number of thiophene rings is 1. The van der Waals surface area contributed by atoms with Crippen LogP contribution in [0.2, 0.25) is 0 Å². The maximum absolute atomic E-state index is 12.8. The monoisotopic (exact) mass is 394 g/mol. The van der Waals surface area contributed by atoms with Gasteiger partial charge in [0.2, 0.25) is 17.3 Å². The van der Waals surface area contributed by atoms with Crippen LogP contribution in [-0.4, -0.2) is 47.9 Å². The minimum absolute atomic E-state index is 0.0249. The summed E-state index contributed by atoms with van der Waals surface area (Å²) in [6.45, 7) is 3.88. The van der Waals surface area contributed by atoms with E-state index in [0.29, 0.717) is 22.7 Å². The van der Waals surface area contributed by atoms with E-state index < -0.39 is 0 Å². The van der Waals surface area contributed by atoms with Gasteiger partial charge in [0.05, 0.1) is 4.88 Å². The number of hydrogen-bond acceptors (Lipinski definition) is 7. The highest BCUT2D eigenvalue weighted by atomic mass is 32.1. The first kappa shape index (κ1) is 17.3. The Bertz CT molecular complexity index is 1040. The lowest BCUT2D eigenvalue weighted by molar-refractivity contribution is 0.0958. The lowest BCUT2D eigenvalue weighted by Gasteiger charge is -2.15. The number of fused-ring (bicyclic) bond motifs is 2. The highest BCUT2D eigenvalue weighted by Crippen LogP contribution is 2.36. The molecular formula is C21H18N2O4S. The zero-order chi connectivity index (χ0) is 19.1. The highest BCUT2D eigenvalue weighted by molar-refractivity contribution is 7.12. The van der Waals surface area contributed by atoms with Gasteiger partial charge in [-0.15, -0.1) is 11.3 Å². The van der Waals surface area contributed by atoms with Gasteiger partial charge in [-0.2, -0.15) is 0 Å². The second kappa shape index (κ2) is 7.00. The first-order chi connectivity index (χ1) is 13.7. The summed E-state index contributed by atoms with van der Waals surface area (Å²) < 4.78 is 11.1. The van der Waals surface area contributed by atoms with Crippen molar-refractivity contribution in [3.63, 3.8) is 0 Å². The Kier molecular flexibility index (Phi) is 4.33. The number of benzene rings is 1. The number of hydrogen-bond donors (Lipinski definition) is 0. The summed E-state index contributed by atoms with van der Waals surface area (Å²) in [5, 5.41) is 5.76. The molecule has 0 N–H and O–H groups in total. The molecule has 7 heteroatoms. The summed E-state index contributed by atoms with van der Waals surface area (Å²) in [4.78, 5) is 28.2. The minimum atomic E-state index is -0.286. The molecule has 0 radical (unpaired) electrons. The van der Waals surface area contributed by atoms with Crippen LogP contribution in [0.3, 0.4) is 0 Å². The summed E-state index contributed by atoms with van der Waals surface area (Å²) in [5.41, 5.74) is 1.77. The molecule has 0 spiro atoms. The molecule has 0 atom stereocenters. The minimum Gasteiger partial charge on any atom is -0.492 e. The molecule has 0 saturated carbocycles. The fourth-order valence-electron chi connectivity index (χ4n) is 3.76. The molecule has 0 unspecified atom stereocenters. The van der Waals surface area contributed by atoms with Crippen molar-refractivity contribution >= 4 is 22.9 Å². The quantitative estimate of drug-likeness (QED) is 0.514. The normalized spacial score (nSPS) is 16.3. The van der Waals surface area contributed by atoms with Crippen LogP contribution in [0.15, 0.2) is 40.2 Å². The Morgan fingerprint density at radius 1 is 1.07 bits per heavy atom. The predicted molar refractivity (Wildman–Crippen MR) is 104 cm³/mol. The molecule has 0 bridgehead atoms. The lowest BCUT2D eigenvalue weighted by atomic mass is 9.92.